The number of nitrogens with zero attached hydrogens (tertiary/aromatic N) is 3. The molecule has 2 aliphatic rings. The van der Waals surface area contributed by atoms with Crippen molar-refractivity contribution < 1.29 is 14.2 Å². The zero-order valence-corrected chi connectivity index (χ0v) is 16.7. The second kappa shape index (κ2) is 7.61. The van der Waals surface area contributed by atoms with Gasteiger partial charge in [-0.1, -0.05) is 12.1 Å². The maximum absolute atomic E-state index is 6.26. The number of aryl methyl sites for hydroxylation is 2. The summed E-state index contributed by atoms with van der Waals surface area (Å²) in [5, 5.41) is 2.12. The lowest BCUT2D eigenvalue weighted by atomic mass is 10.1. The first-order chi connectivity index (χ1) is 14.2. The molecule has 150 valence electrons. The van der Waals surface area contributed by atoms with Gasteiger partial charge >= 0.3 is 0 Å². The van der Waals surface area contributed by atoms with E-state index < -0.39 is 0 Å². The number of fused-ring (bicyclic) bond motifs is 2. The van der Waals surface area contributed by atoms with Crippen molar-refractivity contribution >= 4 is 16.5 Å². The van der Waals surface area contributed by atoms with Crippen molar-refractivity contribution in [3.05, 3.63) is 60.2 Å². The highest BCUT2D eigenvalue weighted by atomic mass is 16.6. The largest absolute Gasteiger partial charge is 0.485 e. The number of aromatic nitrogens is 2. The molecule has 0 N–H and O–H groups in total. The number of hydrogen-bond acceptors (Lipinski definition) is 6. The summed E-state index contributed by atoms with van der Waals surface area (Å²) in [6, 6.07) is 12.2. The fourth-order valence-electron chi connectivity index (χ4n) is 4.22. The van der Waals surface area contributed by atoms with E-state index in [9.17, 15) is 0 Å². The van der Waals surface area contributed by atoms with Crippen LogP contribution in [0.4, 0.5) is 5.69 Å². The molecule has 0 unspecified atom stereocenters. The third-order valence-corrected chi connectivity index (χ3v) is 5.57. The van der Waals surface area contributed by atoms with Crippen LogP contribution in [0.1, 0.15) is 11.4 Å². The van der Waals surface area contributed by atoms with E-state index in [-0.39, 0.29) is 18.3 Å². The highest BCUT2D eigenvalue weighted by Crippen LogP contribution is 2.29. The summed E-state index contributed by atoms with van der Waals surface area (Å²) in [6.07, 6.45) is 3.61. The smallest absolute Gasteiger partial charge is 0.145 e. The lowest BCUT2D eigenvalue weighted by Crippen LogP contribution is -2.29. The minimum Gasteiger partial charge on any atom is -0.485 e. The second-order valence-electron chi connectivity index (χ2n) is 7.85. The van der Waals surface area contributed by atoms with Gasteiger partial charge in [0, 0.05) is 53.3 Å². The second-order valence-corrected chi connectivity index (χ2v) is 7.85. The number of rotatable bonds is 3. The molecule has 2 aromatic heterocycles. The number of hydrogen-bond donors (Lipinski definition) is 0. The van der Waals surface area contributed by atoms with E-state index in [2.05, 4.69) is 27.0 Å². The van der Waals surface area contributed by atoms with Gasteiger partial charge in [-0.2, -0.15) is 0 Å². The van der Waals surface area contributed by atoms with Crippen LogP contribution in [0.3, 0.4) is 0 Å². The molecule has 0 bridgehead atoms. The number of pyridine rings is 2. The number of anilines is 1. The summed E-state index contributed by atoms with van der Waals surface area (Å²) in [5.74, 6) is 0.846. The lowest BCUT2D eigenvalue weighted by molar-refractivity contribution is -0.00461. The molecule has 4 heterocycles. The summed E-state index contributed by atoms with van der Waals surface area (Å²) < 4.78 is 18.7. The monoisotopic (exact) mass is 391 g/mol. The third-order valence-electron chi connectivity index (χ3n) is 5.57. The molecule has 0 aliphatic carbocycles. The minimum atomic E-state index is -0.127. The number of ether oxygens (including phenoxy) is 3. The van der Waals surface area contributed by atoms with Crippen molar-refractivity contribution in [3.63, 3.8) is 0 Å². The van der Waals surface area contributed by atoms with Crippen LogP contribution in [0, 0.1) is 13.8 Å². The molecule has 0 amide bonds. The van der Waals surface area contributed by atoms with Crippen molar-refractivity contribution in [1.29, 1.82) is 0 Å². The average Bonchev–Trinajstić information content (AvgIpc) is 3.04. The molecule has 2 aliphatic heterocycles. The average molecular weight is 391 g/mol. The van der Waals surface area contributed by atoms with Crippen LogP contribution >= 0.6 is 0 Å². The van der Waals surface area contributed by atoms with Gasteiger partial charge in [-0.05, 0) is 38.1 Å². The first kappa shape index (κ1) is 18.3. The number of benzene rings is 1. The topological polar surface area (TPSA) is 56.7 Å². The lowest BCUT2D eigenvalue weighted by Gasteiger charge is -2.22. The van der Waals surface area contributed by atoms with E-state index in [1.165, 1.54) is 5.69 Å². The maximum Gasteiger partial charge on any atom is 0.145 e. The van der Waals surface area contributed by atoms with Crippen molar-refractivity contribution in [2.75, 3.05) is 31.2 Å². The molecule has 0 saturated carbocycles. The summed E-state index contributed by atoms with van der Waals surface area (Å²) in [7, 11) is 0. The summed E-state index contributed by atoms with van der Waals surface area (Å²) in [4.78, 5) is 11.0. The van der Waals surface area contributed by atoms with E-state index in [0.29, 0.717) is 13.2 Å². The Balaban J connectivity index is 1.26. The van der Waals surface area contributed by atoms with Gasteiger partial charge in [0.25, 0.3) is 0 Å². The molecule has 2 fully saturated rings. The van der Waals surface area contributed by atoms with Crippen LogP contribution in [-0.4, -0.2) is 54.6 Å². The van der Waals surface area contributed by atoms with Gasteiger partial charge in [0.1, 0.15) is 24.1 Å². The van der Waals surface area contributed by atoms with E-state index in [0.717, 1.165) is 41.0 Å². The van der Waals surface area contributed by atoms with Crippen molar-refractivity contribution in [3.8, 4) is 5.75 Å². The molecule has 6 heteroatoms. The Morgan fingerprint density at radius 1 is 1.00 bits per heavy atom. The van der Waals surface area contributed by atoms with Gasteiger partial charge < -0.3 is 19.1 Å². The van der Waals surface area contributed by atoms with Crippen molar-refractivity contribution in [1.82, 2.24) is 9.97 Å². The van der Waals surface area contributed by atoms with Gasteiger partial charge in [0.2, 0.25) is 0 Å². The molecule has 0 spiro atoms. The highest BCUT2D eigenvalue weighted by molar-refractivity contribution is 5.87. The normalized spacial score (nSPS) is 22.5. The van der Waals surface area contributed by atoms with Crippen LogP contribution in [0.2, 0.25) is 0 Å². The van der Waals surface area contributed by atoms with Crippen LogP contribution < -0.4 is 9.64 Å². The quantitative estimate of drug-likeness (QED) is 0.683. The molecular formula is C23H25N3O3. The van der Waals surface area contributed by atoms with Gasteiger partial charge in [-0.3, -0.25) is 9.97 Å². The Kier molecular flexibility index (Phi) is 4.81. The van der Waals surface area contributed by atoms with E-state index in [4.69, 9.17) is 14.2 Å². The van der Waals surface area contributed by atoms with Crippen LogP contribution in [0.15, 0.2) is 48.8 Å². The van der Waals surface area contributed by atoms with Crippen molar-refractivity contribution in [2.24, 2.45) is 0 Å². The SMILES string of the molecule is Cc1cc(N2C[C@@H]3OCC(Oc4cccc5cnccc45)CO[C@H]3C2)cc(C)n1. The fourth-order valence-corrected chi connectivity index (χ4v) is 4.22. The van der Waals surface area contributed by atoms with Gasteiger partial charge in [0.15, 0.2) is 0 Å². The first-order valence-corrected chi connectivity index (χ1v) is 10.1. The van der Waals surface area contributed by atoms with Crippen LogP contribution in [-0.2, 0) is 9.47 Å². The van der Waals surface area contributed by atoms with Crippen LogP contribution in [0.5, 0.6) is 5.75 Å². The molecule has 1 aromatic carbocycles. The molecule has 0 radical (unpaired) electrons. The Morgan fingerprint density at radius 2 is 1.72 bits per heavy atom. The molecule has 6 nitrogen and oxygen atoms in total. The minimum absolute atomic E-state index is 0.0501. The molecule has 5 rings (SSSR count). The van der Waals surface area contributed by atoms with E-state index in [1.54, 1.807) is 6.20 Å². The zero-order chi connectivity index (χ0) is 19.8. The predicted octanol–water partition coefficient (Wildman–Crippen LogP) is 3.30. The van der Waals surface area contributed by atoms with Gasteiger partial charge in [0.05, 0.1) is 13.2 Å². The predicted molar refractivity (Wildman–Crippen MR) is 112 cm³/mol. The zero-order valence-electron chi connectivity index (χ0n) is 16.7. The molecule has 2 saturated heterocycles. The molecule has 3 aromatic rings. The summed E-state index contributed by atoms with van der Waals surface area (Å²) >= 11 is 0. The molecule has 2 atom stereocenters. The Labute approximate surface area is 170 Å². The van der Waals surface area contributed by atoms with Crippen molar-refractivity contribution in [2.45, 2.75) is 32.2 Å². The molecular weight excluding hydrogens is 366 g/mol. The van der Waals surface area contributed by atoms with E-state index >= 15 is 0 Å². The molecule has 29 heavy (non-hydrogen) atoms. The fraction of sp³-hybridized carbons (Fsp3) is 0.391. The first-order valence-electron chi connectivity index (χ1n) is 10.1. The Hall–Kier alpha value is -2.70. The Morgan fingerprint density at radius 3 is 2.45 bits per heavy atom. The Bertz CT molecular complexity index is 984. The standard InChI is InChI=1S/C23H25N3O3/c1-15-8-18(9-16(2)25-15)26-11-22-23(12-26)28-14-19(13-27-22)29-21-5-3-4-17-10-24-7-6-20(17)21/h3-10,19,22-23H,11-14H2,1-2H3/t22-,23-/m0/s1. The summed E-state index contributed by atoms with van der Waals surface area (Å²) in [6.45, 7) is 6.74. The van der Waals surface area contributed by atoms with E-state index in [1.807, 2.05) is 44.3 Å². The third kappa shape index (κ3) is 3.78. The van der Waals surface area contributed by atoms with Crippen LogP contribution in [0.25, 0.3) is 10.8 Å². The highest BCUT2D eigenvalue weighted by Gasteiger charge is 2.38. The van der Waals surface area contributed by atoms with Gasteiger partial charge in [-0.25, -0.2) is 0 Å². The van der Waals surface area contributed by atoms with Gasteiger partial charge in [-0.15, -0.1) is 0 Å². The maximum atomic E-state index is 6.26. The summed E-state index contributed by atoms with van der Waals surface area (Å²) in [5.41, 5.74) is 3.26.